The number of phenols is 1. The van der Waals surface area contributed by atoms with E-state index in [0.717, 1.165) is 11.1 Å². The van der Waals surface area contributed by atoms with Gasteiger partial charge in [0.2, 0.25) is 0 Å². The second-order valence-corrected chi connectivity index (χ2v) is 6.29. The van der Waals surface area contributed by atoms with Gasteiger partial charge in [0, 0.05) is 26.2 Å². The summed E-state index contributed by atoms with van der Waals surface area (Å²) in [6.07, 6.45) is 0. The van der Waals surface area contributed by atoms with Crippen molar-refractivity contribution in [3.63, 3.8) is 0 Å². The molecule has 1 N–H and O–H groups in total. The summed E-state index contributed by atoms with van der Waals surface area (Å²) in [5.41, 5.74) is 2.22. The van der Waals surface area contributed by atoms with Crippen LogP contribution in [0.4, 0.5) is 0 Å². The largest absolute Gasteiger partial charge is 0.507 e. The molecule has 1 atom stereocenters. The third-order valence-electron chi connectivity index (χ3n) is 4.59. The molecule has 5 nitrogen and oxygen atoms in total. The smallest absolute Gasteiger partial charge is 0.257 e. The van der Waals surface area contributed by atoms with Gasteiger partial charge >= 0.3 is 0 Å². The van der Waals surface area contributed by atoms with Crippen LogP contribution >= 0.6 is 0 Å². The van der Waals surface area contributed by atoms with E-state index >= 15 is 0 Å². The summed E-state index contributed by atoms with van der Waals surface area (Å²) in [5.74, 6) is -0.142. The minimum absolute atomic E-state index is 0.0200. The summed E-state index contributed by atoms with van der Waals surface area (Å²) >= 11 is 0. The molecular weight excluding hydrogens is 314 g/mol. The second-order valence-electron chi connectivity index (χ2n) is 6.29. The Morgan fingerprint density at radius 1 is 1.12 bits per heavy atom. The van der Waals surface area contributed by atoms with Crippen LogP contribution in [0.3, 0.4) is 0 Å². The Bertz CT molecular complexity index is 790. The lowest BCUT2D eigenvalue weighted by Gasteiger charge is -2.37. The highest BCUT2D eigenvalue weighted by molar-refractivity contribution is 5.97. The maximum absolute atomic E-state index is 12.6. The number of aromatic hydroxyl groups is 1. The van der Waals surface area contributed by atoms with Crippen LogP contribution in [0, 0.1) is 18.3 Å². The molecule has 0 radical (unpaired) electrons. The zero-order valence-corrected chi connectivity index (χ0v) is 14.2. The molecule has 1 heterocycles. The third-order valence-corrected chi connectivity index (χ3v) is 4.59. The first kappa shape index (κ1) is 17.0. The summed E-state index contributed by atoms with van der Waals surface area (Å²) < 4.78 is 0. The summed E-state index contributed by atoms with van der Waals surface area (Å²) in [6.45, 7) is 4.21. The number of carbonyl (C=O) groups excluding carboxylic acids is 1. The summed E-state index contributed by atoms with van der Waals surface area (Å²) in [6, 6.07) is 16.9. The molecule has 25 heavy (non-hydrogen) atoms. The van der Waals surface area contributed by atoms with Crippen LogP contribution in [0.2, 0.25) is 0 Å². The number of nitriles is 1. The minimum Gasteiger partial charge on any atom is -0.507 e. The highest BCUT2D eigenvalue weighted by atomic mass is 16.3. The Morgan fingerprint density at radius 2 is 1.80 bits per heavy atom. The number of phenolic OH excluding ortho intramolecular Hbond substituents is 1. The molecule has 0 unspecified atom stereocenters. The number of aryl methyl sites for hydroxylation is 1. The first-order chi connectivity index (χ1) is 12.1. The maximum atomic E-state index is 12.6. The Balaban J connectivity index is 1.67. The molecule has 1 amide bonds. The zero-order chi connectivity index (χ0) is 17.8. The molecule has 1 aliphatic heterocycles. The van der Waals surface area contributed by atoms with Crippen molar-refractivity contribution in [2.75, 3.05) is 26.2 Å². The average molecular weight is 335 g/mol. The SMILES string of the molecule is Cc1ccc(C(=O)N2CCN([C@@H](C#N)c3ccccc3)CC2)c(O)c1. The standard InChI is InChI=1S/C20H21N3O2/c1-15-7-8-17(19(24)13-15)20(25)23-11-9-22(10-12-23)18(14-21)16-5-3-2-4-6-16/h2-8,13,18,24H,9-12H2,1H3/t18-/m0/s1. The number of benzene rings is 2. The maximum Gasteiger partial charge on any atom is 0.257 e. The van der Waals surface area contributed by atoms with Crippen LogP contribution in [0.1, 0.15) is 27.5 Å². The number of hydrogen-bond acceptors (Lipinski definition) is 4. The Kier molecular flexibility index (Phi) is 5.01. The van der Waals surface area contributed by atoms with Crippen molar-refractivity contribution < 1.29 is 9.90 Å². The fraction of sp³-hybridized carbons (Fsp3) is 0.300. The van der Waals surface area contributed by atoms with Gasteiger partial charge < -0.3 is 10.0 Å². The van der Waals surface area contributed by atoms with Gasteiger partial charge in [-0.1, -0.05) is 36.4 Å². The van der Waals surface area contributed by atoms with Crippen LogP contribution in [0.15, 0.2) is 48.5 Å². The lowest BCUT2D eigenvalue weighted by atomic mass is 10.1. The molecule has 0 aromatic heterocycles. The Labute approximate surface area is 147 Å². The van der Waals surface area contributed by atoms with Crippen LogP contribution < -0.4 is 0 Å². The first-order valence-electron chi connectivity index (χ1n) is 8.37. The number of nitrogens with zero attached hydrogens (tertiary/aromatic N) is 3. The Morgan fingerprint density at radius 3 is 2.40 bits per heavy atom. The lowest BCUT2D eigenvalue weighted by molar-refractivity contribution is 0.0603. The van der Waals surface area contributed by atoms with Crippen molar-refractivity contribution >= 4 is 5.91 Å². The van der Waals surface area contributed by atoms with E-state index in [0.29, 0.717) is 31.7 Å². The van der Waals surface area contributed by atoms with Crippen molar-refractivity contribution in [1.29, 1.82) is 5.26 Å². The van der Waals surface area contributed by atoms with Crippen molar-refractivity contribution in [3.05, 3.63) is 65.2 Å². The van der Waals surface area contributed by atoms with E-state index in [4.69, 9.17) is 0 Å². The van der Waals surface area contributed by atoms with E-state index < -0.39 is 0 Å². The number of rotatable bonds is 3. The van der Waals surface area contributed by atoms with Crippen LogP contribution in [-0.2, 0) is 0 Å². The molecule has 0 aliphatic carbocycles. The summed E-state index contributed by atoms with van der Waals surface area (Å²) in [5, 5.41) is 19.6. The van der Waals surface area contributed by atoms with Crippen molar-refractivity contribution in [1.82, 2.24) is 9.80 Å². The molecule has 1 fully saturated rings. The molecule has 3 rings (SSSR count). The third kappa shape index (κ3) is 3.65. The topological polar surface area (TPSA) is 67.6 Å². The highest BCUT2D eigenvalue weighted by Gasteiger charge is 2.28. The molecule has 5 heteroatoms. The highest BCUT2D eigenvalue weighted by Crippen LogP contribution is 2.24. The molecule has 1 aliphatic rings. The number of hydrogen-bond donors (Lipinski definition) is 1. The molecule has 0 bridgehead atoms. The lowest BCUT2D eigenvalue weighted by Crippen LogP contribution is -2.49. The van der Waals surface area contributed by atoms with Gasteiger partial charge in [0.1, 0.15) is 11.8 Å². The van der Waals surface area contributed by atoms with E-state index in [-0.39, 0.29) is 17.7 Å². The fourth-order valence-electron chi connectivity index (χ4n) is 3.18. The van der Waals surface area contributed by atoms with E-state index in [1.807, 2.05) is 43.3 Å². The molecule has 2 aromatic carbocycles. The summed E-state index contributed by atoms with van der Waals surface area (Å²) in [4.78, 5) is 16.5. The number of carbonyl (C=O) groups is 1. The zero-order valence-electron chi connectivity index (χ0n) is 14.2. The van der Waals surface area contributed by atoms with Gasteiger partial charge in [0.05, 0.1) is 11.6 Å². The Hall–Kier alpha value is -2.84. The summed E-state index contributed by atoms with van der Waals surface area (Å²) in [7, 11) is 0. The van der Waals surface area contributed by atoms with Crippen LogP contribution in [-0.4, -0.2) is 47.0 Å². The first-order valence-corrected chi connectivity index (χ1v) is 8.37. The van der Waals surface area contributed by atoms with Crippen molar-refractivity contribution in [2.45, 2.75) is 13.0 Å². The van der Waals surface area contributed by atoms with Gasteiger partial charge in [0.15, 0.2) is 0 Å². The number of amides is 1. The normalized spacial score (nSPS) is 16.2. The molecule has 0 saturated carbocycles. The molecule has 2 aromatic rings. The van der Waals surface area contributed by atoms with Gasteiger partial charge in [-0.25, -0.2) is 0 Å². The average Bonchev–Trinajstić information content (AvgIpc) is 2.63. The van der Waals surface area contributed by atoms with Gasteiger partial charge in [-0.3, -0.25) is 9.69 Å². The molecule has 0 spiro atoms. The monoisotopic (exact) mass is 335 g/mol. The van der Waals surface area contributed by atoms with E-state index in [1.54, 1.807) is 17.0 Å². The van der Waals surface area contributed by atoms with E-state index in [9.17, 15) is 15.2 Å². The molecular formula is C20H21N3O2. The van der Waals surface area contributed by atoms with Crippen LogP contribution in [0.5, 0.6) is 5.75 Å². The van der Waals surface area contributed by atoms with Gasteiger partial charge in [-0.2, -0.15) is 5.26 Å². The molecule has 128 valence electrons. The van der Waals surface area contributed by atoms with Crippen molar-refractivity contribution in [2.24, 2.45) is 0 Å². The fourth-order valence-corrected chi connectivity index (χ4v) is 3.18. The van der Waals surface area contributed by atoms with Gasteiger partial charge in [0.25, 0.3) is 5.91 Å². The van der Waals surface area contributed by atoms with E-state index in [1.165, 1.54) is 0 Å². The predicted octanol–water partition coefficient (Wildman–Crippen LogP) is 2.72. The second kappa shape index (κ2) is 7.37. The van der Waals surface area contributed by atoms with Crippen molar-refractivity contribution in [3.8, 4) is 11.8 Å². The van der Waals surface area contributed by atoms with E-state index in [2.05, 4.69) is 11.0 Å². The van der Waals surface area contributed by atoms with Gasteiger partial charge in [-0.15, -0.1) is 0 Å². The number of piperazine rings is 1. The minimum atomic E-state index is -0.300. The quantitative estimate of drug-likeness (QED) is 0.936. The molecule has 1 saturated heterocycles. The van der Waals surface area contributed by atoms with Crippen LogP contribution in [0.25, 0.3) is 0 Å². The predicted molar refractivity (Wildman–Crippen MR) is 95.1 cm³/mol. The van der Waals surface area contributed by atoms with Gasteiger partial charge in [-0.05, 0) is 30.2 Å².